The number of halogens is 5. The number of hydrogen-bond acceptors (Lipinski definition) is 1. The first-order chi connectivity index (χ1) is 8.91. The Kier molecular flexibility index (Phi) is 4.82. The Bertz CT molecular complexity index is 440. The van der Waals surface area contributed by atoms with Gasteiger partial charge in [0.25, 0.3) is 0 Å². The van der Waals surface area contributed by atoms with Crippen LogP contribution < -0.4 is 4.90 Å². The summed E-state index contributed by atoms with van der Waals surface area (Å²) in [6.07, 6.45) is -3.70. The van der Waals surface area contributed by atoms with E-state index in [0.717, 1.165) is 21.1 Å². The summed E-state index contributed by atoms with van der Waals surface area (Å²) in [4.78, 5) is 2.02. The average molecular weight is 401 g/mol. The van der Waals surface area contributed by atoms with Crippen molar-refractivity contribution in [3.8, 4) is 0 Å². The lowest BCUT2D eigenvalue weighted by atomic mass is 9.96. The first kappa shape index (κ1) is 15.2. The number of rotatable bonds is 2. The summed E-state index contributed by atoms with van der Waals surface area (Å²) < 4.78 is 38.8. The first-order valence-electron chi connectivity index (χ1n) is 6.08. The van der Waals surface area contributed by atoms with Crippen molar-refractivity contribution >= 4 is 37.5 Å². The molecule has 1 fully saturated rings. The van der Waals surface area contributed by atoms with E-state index < -0.39 is 12.1 Å². The van der Waals surface area contributed by atoms with Crippen molar-refractivity contribution < 1.29 is 13.2 Å². The number of hydrogen-bond donors (Lipinski definition) is 0. The Hall–Kier alpha value is -0.230. The maximum Gasteiger partial charge on any atom is 0.391 e. The molecule has 6 heteroatoms. The summed E-state index contributed by atoms with van der Waals surface area (Å²) >= 11 is 6.88. The molecular formula is C13H14Br2F3N. The Morgan fingerprint density at radius 3 is 2.32 bits per heavy atom. The van der Waals surface area contributed by atoms with Gasteiger partial charge in [-0.05, 0) is 46.5 Å². The molecule has 19 heavy (non-hydrogen) atoms. The zero-order valence-electron chi connectivity index (χ0n) is 10.2. The zero-order valence-corrected chi connectivity index (χ0v) is 13.4. The lowest BCUT2D eigenvalue weighted by Crippen LogP contribution is -2.39. The van der Waals surface area contributed by atoms with Gasteiger partial charge in [0, 0.05) is 22.9 Å². The topological polar surface area (TPSA) is 3.24 Å². The Labute approximate surface area is 127 Å². The third kappa shape index (κ3) is 3.66. The van der Waals surface area contributed by atoms with E-state index in [1.54, 1.807) is 0 Å². The van der Waals surface area contributed by atoms with Crippen LogP contribution in [-0.4, -0.2) is 19.3 Å². The van der Waals surface area contributed by atoms with Crippen LogP contribution in [0.1, 0.15) is 18.4 Å². The molecule has 0 amide bonds. The van der Waals surface area contributed by atoms with Crippen molar-refractivity contribution in [1.29, 1.82) is 0 Å². The lowest BCUT2D eigenvalue weighted by molar-refractivity contribution is -0.179. The quantitative estimate of drug-likeness (QED) is 0.622. The number of piperidine rings is 1. The molecule has 0 saturated carbocycles. The van der Waals surface area contributed by atoms with E-state index in [0.29, 0.717) is 13.1 Å². The molecule has 2 rings (SSSR count). The lowest BCUT2D eigenvalue weighted by Gasteiger charge is -2.35. The first-order valence-corrected chi connectivity index (χ1v) is 7.99. The molecule has 1 aromatic carbocycles. The standard InChI is InChI=1S/C13H14Br2F3N/c14-8-9-1-2-12(11(15)7-9)19-5-3-10(4-6-19)13(16,17)18/h1-2,7,10H,3-6,8H2. The average Bonchev–Trinajstić information content (AvgIpc) is 2.37. The van der Waals surface area contributed by atoms with Gasteiger partial charge in [0.1, 0.15) is 0 Å². The second-order valence-electron chi connectivity index (χ2n) is 4.72. The van der Waals surface area contributed by atoms with Crippen LogP contribution in [-0.2, 0) is 5.33 Å². The molecule has 0 bridgehead atoms. The number of benzene rings is 1. The van der Waals surface area contributed by atoms with Gasteiger partial charge in [-0.1, -0.05) is 22.0 Å². The van der Waals surface area contributed by atoms with Crippen LogP contribution in [0.5, 0.6) is 0 Å². The van der Waals surface area contributed by atoms with E-state index in [-0.39, 0.29) is 12.8 Å². The molecule has 1 aliphatic rings. The van der Waals surface area contributed by atoms with E-state index in [1.165, 1.54) is 0 Å². The van der Waals surface area contributed by atoms with Crippen molar-refractivity contribution in [2.24, 2.45) is 5.92 Å². The third-order valence-electron chi connectivity index (χ3n) is 3.46. The van der Waals surface area contributed by atoms with Crippen LogP contribution in [0, 0.1) is 5.92 Å². The molecule has 106 valence electrons. The Balaban J connectivity index is 2.06. The van der Waals surface area contributed by atoms with Gasteiger partial charge in [-0.15, -0.1) is 0 Å². The van der Waals surface area contributed by atoms with Gasteiger partial charge in [-0.2, -0.15) is 13.2 Å². The summed E-state index contributed by atoms with van der Waals surface area (Å²) in [7, 11) is 0. The molecule has 1 nitrogen and oxygen atoms in total. The van der Waals surface area contributed by atoms with Gasteiger partial charge >= 0.3 is 6.18 Å². The summed E-state index contributed by atoms with van der Waals surface area (Å²) in [5, 5.41) is 0.766. The number of nitrogens with zero attached hydrogens (tertiary/aromatic N) is 1. The largest absolute Gasteiger partial charge is 0.391 e. The van der Waals surface area contributed by atoms with Gasteiger partial charge in [0.15, 0.2) is 0 Å². The zero-order chi connectivity index (χ0) is 14.0. The van der Waals surface area contributed by atoms with E-state index in [2.05, 4.69) is 31.9 Å². The second kappa shape index (κ2) is 6.04. The van der Waals surface area contributed by atoms with Crippen LogP contribution in [0.15, 0.2) is 22.7 Å². The summed E-state index contributed by atoms with van der Waals surface area (Å²) in [6.45, 7) is 0.910. The smallest absolute Gasteiger partial charge is 0.371 e. The highest BCUT2D eigenvalue weighted by atomic mass is 79.9. The molecule has 0 spiro atoms. The minimum Gasteiger partial charge on any atom is -0.371 e. The highest BCUT2D eigenvalue weighted by Gasteiger charge is 2.41. The van der Waals surface area contributed by atoms with Gasteiger partial charge in [-0.3, -0.25) is 0 Å². The highest BCUT2D eigenvalue weighted by Crippen LogP contribution is 2.37. The molecule has 0 atom stereocenters. The van der Waals surface area contributed by atoms with E-state index >= 15 is 0 Å². The van der Waals surface area contributed by atoms with Gasteiger partial charge in [0.2, 0.25) is 0 Å². The predicted octanol–water partition coefficient (Wildman–Crippen LogP) is 5.12. The fraction of sp³-hybridized carbons (Fsp3) is 0.538. The van der Waals surface area contributed by atoms with Crippen LogP contribution in [0.3, 0.4) is 0 Å². The molecular weight excluding hydrogens is 387 g/mol. The normalized spacial score (nSPS) is 17.8. The summed E-state index contributed by atoms with van der Waals surface area (Å²) in [6, 6.07) is 5.96. The monoisotopic (exact) mass is 399 g/mol. The second-order valence-corrected chi connectivity index (χ2v) is 6.14. The fourth-order valence-corrected chi connectivity index (χ4v) is 3.36. The SMILES string of the molecule is FC(F)(F)C1CCN(c2ccc(CBr)cc2Br)CC1. The summed E-state index contributed by atoms with van der Waals surface area (Å²) in [5.74, 6) is -1.15. The number of alkyl halides is 4. The predicted molar refractivity (Wildman–Crippen MR) is 77.8 cm³/mol. The van der Waals surface area contributed by atoms with Gasteiger partial charge < -0.3 is 4.90 Å². The minimum absolute atomic E-state index is 0.177. The molecule has 1 saturated heterocycles. The van der Waals surface area contributed by atoms with E-state index in [4.69, 9.17) is 0 Å². The van der Waals surface area contributed by atoms with Gasteiger partial charge in [0.05, 0.1) is 11.6 Å². The van der Waals surface area contributed by atoms with Crippen molar-refractivity contribution in [1.82, 2.24) is 0 Å². The molecule has 0 unspecified atom stereocenters. The Morgan fingerprint density at radius 2 is 1.84 bits per heavy atom. The molecule has 1 aromatic rings. The highest BCUT2D eigenvalue weighted by molar-refractivity contribution is 9.10. The molecule has 0 aliphatic carbocycles. The third-order valence-corrected chi connectivity index (χ3v) is 4.75. The van der Waals surface area contributed by atoms with Crippen molar-refractivity contribution in [3.05, 3.63) is 28.2 Å². The molecule has 0 N–H and O–H groups in total. The fourth-order valence-electron chi connectivity index (χ4n) is 2.34. The van der Waals surface area contributed by atoms with Crippen LogP contribution in [0.25, 0.3) is 0 Å². The molecule has 1 heterocycles. The van der Waals surface area contributed by atoms with Crippen LogP contribution >= 0.6 is 31.9 Å². The van der Waals surface area contributed by atoms with E-state index in [9.17, 15) is 13.2 Å². The Morgan fingerprint density at radius 1 is 1.21 bits per heavy atom. The maximum absolute atomic E-state index is 12.6. The minimum atomic E-state index is -4.05. The van der Waals surface area contributed by atoms with Crippen LogP contribution in [0.4, 0.5) is 18.9 Å². The maximum atomic E-state index is 12.6. The van der Waals surface area contributed by atoms with Crippen molar-refractivity contribution in [3.63, 3.8) is 0 Å². The van der Waals surface area contributed by atoms with Crippen LogP contribution in [0.2, 0.25) is 0 Å². The summed E-state index contributed by atoms with van der Waals surface area (Å²) in [5.41, 5.74) is 2.12. The van der Waals surface area contributed by atoms with Gasteiger partial charge in [-0.25, -0.2) is 0 Å². The molecule has 1 aliphatic heterocycles. The van der Waals surface area contributed by atoms with Crippen molar-refractivity contribution in [2.45, 2.75) is 24.3 Å². The molecule has 0 aromatic heterocycles. The van der Waals surface area contributed by atoms with E-state index in [1.807, 2.05) is 23.1 Å². The van der Waals surface area contributed by atoms with Crippen molar-refractivity contribution in [2.75, 3.05) is 18.0 Å². The molecule has 0 radical (unpaired) electrons. The number of anilines is 1.